The van der Waals surface area contributed by atoms with E-state index in [2.05, 4.69) is 5.32 Å². The molecule has 1 rings (SSSR count). The molecule has 25 heavy (non-hydrogen) atoms. The molecular weight excluding hydrogens is 353 g/mol. The Hall–Kier alpha value is -2.16. The highest BCUT2D eigenvalue weighted by atomic mass is 31.1. The first-order valence-electron chi connectivity index (χ1n) is 7.49. The molecule has 0 saturated carbocycles. The lowest BCUT2D eigenvalue weighted by Crippen LogP contribution is -2.39. The van der Waals surface area contributed by atoms with Gasteiger partial charge in [-0.1, -0.05) is 0 Å². The summed E-state index contributed by atoms with van der Waals surface area (Å²) in [7, 11) is -2.39. The van der Waals surface area contributed by atoms with Gasteiger partial charge in [-0.15, -0.1) is 0 Å². The molecule has 0 amide bonds. The summed E-state index contributed by atoms with van der Waals surface area (Å²) in [6.45, 7) is 7.85. The minimum atomic E-state index is -2.39. The van der Waals surface area contributed by atoms with Gasteiger partial charge in [0.1, 0.15) is 0 Å². The Morgan fingerprint density at radius 1 is 1.24 bits per heavy atom. The maximum atomic E-state index is 12.4. The fourth-order valence-corrected chi connectivity index (χ4v) is 2.56. The van der Waals surface area contributed by atoms with Crippen LogP contribution < -0.4 is 9.84 Å². The predicted molar refractivity (Wildman–Crippen MR) is 91.2 cm³/mol. The molecule has 0 aliphatic rings. The second-order valence-electron chi connectivity index (χ2n) is 5.92. The van der Waals surface area contributed by atoms with Crippen LogP contribution in [0.1, 0.15) is 27.7 Å². The smallest absolute Gasteiger partial charge is 0.377 e. The SMILES string of the molecule is CC(C)OCCNC(C)(C)[P+](=O)Oc1ccc([N+](=O)[O-])cc1[N+](=O)[O-]. The van der Waals surface area contributed by atoms with E-state index in [0.717, 1.165) is 18.2 Å². The lowest BCUT2D eigenvalue weighted by Gasteiger charge is -2.15. The average Bonchev–Trinajstić information content (AvgIpc) is 2.51. The van der Waals surface area contributed by atoms with Crippen LogP contribution in [-0.4, -0.2) is 34.4 Å². The van der Waals surface area contributed by atoms with Crippen molar-refractivity contribution in [3.8, 4) is 5.75 Å². The van der Waals surface area contributed by atoms with Crippen LogP contribution in [0, 0.1) is 20.2 Å². The van der Waals surface area contributed by atoms with Crippen LogP contribution in [-0.2, 0) is 9.30 Å². The van der Waals surface area contributed by atoms with Gasteiger partial charge in [0.15, 0.2) is 0 Å². The highest BCUT2D eigenvalue weighted by Gasteiger charge is 2.44. The van der Waals surface area contributed by atoms with E-state index in [1.165, 1.54) is 0 Å². The molecule has 1 aromatic rings. The van der Waals surface area contributed by atoms with Crippen molar-refractivity contribution < 1.29 is 23.7 Å². The van der Waals surface area contributed by atoms with Gasteiger partial charge in [-0.05, 0) is 18.4 Å². The quantitative estimate of drug-likeness (QED) is 0.285. The molecule has 0 heterocycles. The van der Waals surface area contributed by atoms with E-state index in [1.807, 2.05) is 13.8 Å². The number of benzene rings is 1. The van der Waals surface area contributed by atoms with Crippen molar-refractivity contribution in [3.63, 3.8) is 0 Å². The number of nitro benzene ring substituents is 2. The van der Waals surface area contributed by atoms with Crippen molar-refractivity contribution in [3.05, 3.63) is 38.4 Å². The van der Waals surface area contributed by atoms with Gasteiger partial charge in [-0.25, -0.2) is 4.52 Å². The van der Waals surface area contributed by atoms with E-state index in [9.17, 15) is 24.8 Å². The van der Waals surface area contributed by atoms with E-state index in [1.54, 1.807) is 13.8 Å². The first-order valence-corrected chi connectivity index (χ1v) is 8.67. The van der Waals surface area contributed by atoms with Gasteiger partial charge < -0.3 is 4.74 Å². The molecule has 0 aliphatic heterocycles. The molecule has 11 heteroatoms. The van der Waals surface area contributed by atoms with Gasteiger partial charge in [0.05, 0.1) is 28.6 Å². The first-order chi connectivity index (χ1) is 11.5. The summed E-state index contributed by atoms with van der Waals surface area (Å²) in [6.07, 6.45) is 0.0673. The third-order valence-corrected chi connectivity index (χ3v) is 4.53. The third kappa shape index (κ3) is 6.33. The minimum Gasteiger partial charge on any atom is -0.377 e. The van der Waals surface area contributed by atoms with Crippen LogP contribution in [0.15, 0.2) is 18.2 Å². The number of rotatable bonds is 10. The van der Waals surface area contributed by atoms with Gasteiger partial charge in [0.2, 0.25) is 0 Å². The Bertz CT molecular complexity index is 664. The Morgan fingerprint density at radius 3 is 2.40 bits per heavy atom. The maximum Gasteiger partial charge on any atom is 0.578 e. The van der Waals surface area contributed by atoms with Crippen LogP contribution in [0.3, 0.4) is 0 Å². The molecule has 138 valence electrons. The van der Waals surface area contributed by atoms with Crippen LogP contribution in [0.25, 0.3) is 0 Å². The summed E-state index contributed by atoms with van der Waals surface area (Å²) in [6, 6.07) is 2.90. The van der Waals surface area contributed by atoms with Crippen molar-refractivity contribution in [1.29, 1.82) is 0 Å². The average molecular weight is 374 g/mol. The predicted octanol–water partition coefficient (Wildman–Crippen LogP) is 3.37. The Kier molecular flexibility index (Phi) is 7.35. The number of nitrogens with zero attached hydrogens (tertiary/aromatic N) is 2. The molecule has 0 aliphatic carbocycles. The Balaban J connectivity index is 2.84. The lowest BCUT2D eigenvalue weighted by atomic mass is 10.2. The standard InChI is InChI=1S/C14H21N3O7P/c1-10(2)23-8-7-15-14(3,4)25(22)24-13-6-5-11(16(18)19)9-12(13)17(20)21/h5-6,9-10,15H,7-8H2,1-4H3/q+1. The fourth-order valence-electron chi connectivity index (χ4n) is 1.76. The second kappa shape index (κ2) is 8.80. The largest absolute Gasteiger partial charge is 0.578 e. The van der Waals surface area contributed by atoms with Crippen molar-refractivity contribution in [2.75, 3.05) is 13.2 Å². The monoisotopic (exact) mass is 374 g/mol. The Labute approximate surface area is 145 Å². The van der Waals surface area contributed by atoms with Crippen LogP contribution >= 0.6 is 8.03 Å². The maximum absolute atomic E-state index is 12.4. The molecule has 1 aromatic carbocycles. The van der Waals surface area contributed by atoms with Crippen molar-refractivity contribution in [2.45, 2.75) is 39.1 Å². The van der Waals surface area contributed by atoms with Crippen molar-refractivity contribution in [1.82, 2.24) is 5.32 Å². The minimum absolute atomic E-state index is 0.0673. The van der Waals surface area contributed by atoms with Crippen LogP contribution in [0.2, 0.25) is 0 Å². The van der Waals surface area contributed by atoms with E-state index in [0.29, 0.717) is 13.2 Å². The molecule has 0 aromatic heterocycles. The zero-order valence-electron chi connectivity index (χ0n) is 14.4. The Morgan fingerprint density at radius 2 is 1.88 bits per heavy atom. The van der Waals surface area contributed by atoms with Gasteiger partial charge >= 0.3 is 13.7 Å². The first kappa shape index (κ1) is 20.9. The van der Waals surface area contributed by atoms with E-state index < -0.39 is 34.5 Å². The number of hydrogen-bond acceptors (Lipinski definition) is 8. The van der Waals surface area contributed by atoms with E-state index >= 15 is 0 Å². The number of nitro groups is 2. The van der Waals surface area contributed by atoms with E-state index in [4.69, 9.17) is 9.26 Å². The second-order valence-corrected chi connectivity index (χ2v) is 7.73. The molecule has 1 unspecified atom stereocenters. The molecule has 1 atom stereocenters. The lowest BCUT2D eigenvalue weighted by molar-refractivity contribution is -0.394. The van der Waals surface area contributed by atoms with Crippen LogP contribution in [0.5, 0.6) is 5.75 Å². The molecule has 0 spiro atoms. The molecule has 10 nitrogen and oxygen atoms in total. The summed E-state index contributed by atoms with van der Waals surface area (Å²) in [5.74, 6) is -0.287. The zero-order valence-corrected chi connectivity index (χ0v) is 15.3. The molecule has 0 saturated heterocycles. The highest BCUT2D eigenvalue weighted by Crippen LogP contribution is 2.42. The summed E-state index contributed by atoms with van der Waals surface area (Å²) in [4.78, 5) is 20.2. The summed E-state index contributed by atoms with van der Waals surface area (Å²) in [5, 5.41) is 23.8. The highest BCUT2D eigenvalue weighted by molar-refractivity contribution is 7.41. The number of hydrogen-bond donors (Lipinski definition) is 1. The summed E-state index contributed by atoms with van der Waals surface area (Å²) in [5.41, 5.74) is -1.06. The topological polar surface area (TPSA) is 134 Å². The normalized spacial score (nSPS) is 12.1. The summed E-state index contributed by atoms with van der Waals surface area (Å²) >= 11 is 0. The van der Waals surface area contributed by atoms with Gasteiger partial charge in [-0.2, -0.15) is 0 Å². The third-order valence-electron chi connectivity index (χ3n) is 3.10. The molecule has 0 bridgehead atoms. The molecule has 0 radical (unpaired) electrons. The fraction of sp³-hybridized carbons (Fsp3) is 0.571. The van der Waals surface area contributed by atoms with Gasteiger partial charge in [-0.3, -0.25) is 25.5 Å². The van der Waals surface area contributed by atoms with E-state index in [-0.39, 0.29) is 11.9 Å². The van der Waals surface area contributed by atoms with Crippen molar-refractivity contribution >= 4 is 19.4 Å². The van der Waals surface area contributed by atoms with Gasteiger partial charge in [0.25, 0.3) is 16.7 Å². The number of non-ortho nitro benzene ring substituents is 1. The molecule has 0 fully saturated rings. The van der Waals surface area contributed by atoms with Crippen molar-refractivity contribution in [2.24, 2.45) is 0 Å². The number of ether oxygens (including phenoxy) is 1. The summed E-state index contributed by atoms with van der Waals surface area (Å²) < 4.78 is 23.0. The van der Waals surface area contributed by atoms with Crippen LogP contribution in [0.4, 0.5) is 11.4 Å². The zero-order chi connectivity index (χ0) is 19.2. The molecule has 1 N–H and O–H groups in total. The molecular formula is C14H21N3O7P+. The van der Waals surface area contributed by atoms with Gasteiger partial charge in [0, 0.05) is 32.5 Å². The number of nitrogens with one attached hydrogen (secondary N) is 1.